The largest absolute Gasteiger partial charge is 0.434 e. The van der Waals surface area contributed by atoms with Crippen molar-refractivity contribution >= 4 is 11.7 Å². The third-order valence-electron chi connectivity index (χ3n) is 5.19. The van der Waals surface area contributed by atoms with Gasteiger partial charge in [-0.15, -0.1) is 0 Å². The summed E-state index contributed by atoms with van der Waals surface area (Å²) in [6.45, 7) is 0. The number of rotatable bonds is 5. The van der Waals surface area contributed by atoms with Crippen LogP contribution in [0.2, 0.25) is 0 Å². The average molecular weight is 391 g/mol. The Balaban J connectivity index is 1.53. The highest BCUT2D eigenvalue weighted by atomic mass is 19.4. The summed E-state index contributed by atoms with van der Waals surface area (Å²) in [5.74, 6) is 0.290. The first-order valence-corrected chi connectivity index (χ1v) is 9.31. The SMILES string of the molecule is O=C(NC1(Nc2cnc(C(F)(F)F)cn2)CCCC1)c1ncccc1C1CC1. The molecule has 6 nitrogen and oxygen atoms in total. The first-order chi connectivity index (χ1) is 13.4. The summed E-state index contributed by atoms with van der Waals surface area (Å²) >= 11 is 0. The van der Waals surface area contributed by atoms with Crippen LogP contribution in [0.5, 0.6) is 0 Å². The number of aromatic nitrogens is 3. The van der Waals surface area contributed by atoms with Crippen molar-refractivity contribution < 1.29 is 18.0 Å². The lowest BCUT2D eigenvalue weighted by molar-refractivity contribution is -0.141. The molecule has 1 amide bonds. The molecule has 0 aliphatic heterocycles. The summed E-state index contributed by atoms with van der Waals surface area (Å²) in [6, 6.07) is 3.75. The van der Waals surface area contributed by atoms with Crippen molar-refractivity contribution in [2.45, 2.75) is 56.3 Å². The second-order valence-corrected chi connectivity index (χ2v) is 7.37. The molecule has 2 heterocycles. The van der Waals surface area contributed by atoms with E-state index >= 15 is 0 Å². The van der Waals surface area contributed by atoms with Gasteiger partial charge in [-0.1, -0.05) is 6.07 Å². The average Bonchev–Trinajstić information content (AvgIpc) is 3.42. The molecule has 2 aromatic heterocycles. The molecule has 0 atom stereocenters. The van der Waals surface area contributed by atoms with Crippen molar-refractivity contribution in [2.75, 3.05) is 5.32 Å². The summed E-state index contributed by atoms with van der Waals surface area (Å²) in [6.07, 6.45) is 3.97. The zero-order chi connectivity index (χ0) is 19.8. The van der Waals surface area contributed by atoms with Crippen LogP contribution in [0.15, 0.2) is 30.7 Å². The highest BCUT2D eigenvalue weighted by molar-refractivity contribution is 5.94. The van der Waals surface area contributed by atoms with Gasteiger partial charge in [0.05, 0.1) is 12.4 Å². The van der Waals surface area contributed by atoms with Crippen LogP contribution in [0.1, 0.15) is 66.2 Å². The lowest BCUT2D eigenvalue weighted by Crippen LogP contribution is -2.53. The van der Waals surface area contributed by atoms with Gasteiger partial charge in [0, 0.05) is 6.20 Å². The number of hydrogen-bond donors (Lipinski definition) is 2. The van der Waals surface area contributed by atoms with E-state index in [9.17, 15) is 18.0 Å². The second-order valence-electron chi connectivity index (χ2n) is 7.37. The van der Waals surface area contributed by atoms with Crippen LogP contribution in [0.25, 0.3) is 0 Å². The zero-order valence-electron chi connectivity index (χ0n) is 15.1. The molecule has 0 radical (unpaired) electrons. The van der Waals surface area contributed by atoms with E-state index in [-0.39, 0.29) is 11.7 Å². The van der Waals surface area contributed by atoms with Gasteiger partial charge in [0.1, 0.15) is 17.2 Å². The van der Waals surface area contributed by atoms with E-state index in [1.165, 1.54) is 0 Å². The van der Waals surface area contributed by atoms with E-state index in [0.29, 0.717) is 30.7 Å². The molecular weight excluding hydrogens is 371 g/mol. The molecular formula is C19H20F3N5O. The van der Waals surface area contributed by atoms with Gasteiger partial charge in [-0.25, -0.2) is 9.97 Å². The van der Waals surface area contributed by atoms with Crippen LogP contribution in [-0.2, 0) is 6.18 Å². The van der Waals surface area contributed by atoms with Gasteiger partial charge in [-0.05, 0) is 56.1 Å². The van der Waals surface area contributed by atoms with E-state index < -0.39 is 17.5 Å². The van der Waals surface area contributed by atoms with Gasteiger partial charge in [0.15, 0.2) is 5.69 Å². The Morgan fingerprint density at radius 1 is 1.11 bits per heavy atom. The van der Waals surface area contributed by atoms with Crippen molar-refractivity contribution in [3.8, 4) is 0 Å². The van der Waals surface area contributed by atoms with Crippen LogP contribution in [0.3, 0.4) is 0 Å². The van der Waals surface area contributed by atoms with E-state index in [0.717, 1.165) is 37.4 Å². The number of carbonyl (C=O) groups is 1. The van der Waals surface area contributed by atoms with Crippen LogP contribution >= 0.6 is 0 Å². The fraction of sp³-hybridized carbons (Fsp3) is 0.474. The second kappa shape index (κ2) is 7.03. The Bertz CT molecular complexity index is 859. The number of hydrogen-bond acceptors (Lipinski definition) is 5. The first kappa shape index (κ1) is 18.6. The number of pyridine rings is 1. The molecule has 28 heavy (non-hydrogen) atoms. The molecule has 0 spiro atoms. The molecule has 0 unspecified atom stereocenters. The maximum absolute atomic E-state index is 12.9. The highest BCUT2D eigenvalue weighted by Crippen LogP contribution is 2.41. The summed E-state index contributed by atoms with van der Waals surface area (Å²) in [7, 11) is 0. The van der Waals surface area contributed by atoms with Crippen LogP contribution in [-0.4, -0.2) is 26.5 Å². The number of nitrogens with zero attached hydrogens (tertiary/aromatic N) is 3. The first-order valence-electron chi connectivity index (χ1n) is 9.31. The molecule has 0 saturated heterocycles. The number of anilines is 1. The predicted molar refractivity (Wildman–Crippen MR) is 95.5 cm³/mol. The molecule has 2 saturated carbocycles. The number of amides is 1. The smallest absolute Gasteiger partial charge is 0.346 e. The van der Waals surface area contributed by atoms with E-state index in [2.05, 4.69) is 25.6 Å². The molecule has 0 bridgehead atoms. The third kappa shape index (κ3) is 3.93. The minimum absolute atomic E-state index is 0.193. The number of halogens is 3. The summed E-state index contributed by atoms with van der Waals surface area (Å²) in [5, 5.41) is 6.12. The van der Waals surface area contributed by atoms with Crippen LogP contribution in [0, 0.1) is 0 Å². The maximum Gasteiger partial charge on any atom is 0.434 e. The maximum atomic E-state index is 12.9. The quantitative estimate of drug-likeness (QED) is 0.756. The van der Waals surface area contributed by atoms with Crippen molar-refractivity contribution in [1.82, 2.24) is 20.3 Å². The Labute approximate surface area is 160 Å². The molecule has 2 N–H and O–H groups in total. The van der Waals surface area contributed by atoms with Gasteiger partial charge >= 0.3 is 6.18 Å². The summed E-state index contributed by atoms with van der Waals surface area (Å²) in [5.41, 5.74) is -0.465. The molecule has 2 aliphatic rings. The van der Waals surface area contributed by atoms with E-state index in [4.69, 9.17) is 0 Å². The van der Waals surface area contributed by atoms with Crippen molar-refractivity contribution in [2.24, 2.45) is 0 Å². The van der Waals surface area contributed by atoms with Crippen LogP contribution < -0.4 is 10.6 Å². The number of alkyl halides is 3. The Morgan fingerprint density at radius 3 is 2.46 bits per heavy atom. The molecule has 2 fully saturated rings. The van der Waals surface area contributed by atoms with Crippen molar-refractivity contribution in [3.05, 3.63) is 47.7 Å². The van der Waals surface area contributed by atoms with Crippen molar-refractivity contribution in [3.63, 3.8) is 0 Å². The van der Waals surface area contributed by atoms with Gasteiger partial charge in [-0.3, -0.25) is 9.78 Å². The van der Waals surface area contributed by atoms with Gasteiger partial charge < -0.3 is 10.6 Å². The van der Waals surface area contributed by atoms with Gasteiger partial charge in [-0.2, -0.15) is 13.2 Å². The van der Waals surface area contributed by atoms with Gasteiger partial charge in [0.25, 0.3) is 5.91 Å². The fourth-order valence-corrected chi connectivity index (χ4v) is 3.65. The Hall–Kier alpha value is -2.71. The third-order valence-corrected chi connectivity index (χ3v) is 5.19. The predicted octanol–water partition coefficient (Wildman–Crippen LogP) is 3.88. The highest BCUT2D eigenvalue weighted by Gasteiger charge is 2.38. The van der Waals surface area contributed by atoms with E-state index in [1.54, 1.807) is 6.20 Å². The minimum Gasteiger partial charge on any atom is -0.346 e. The molecule has 4 rings (SSSR count). The lowest BCUT2D eigenvalue weighted by Gasteiger charge is -2.32. The Morgan fingerprint density at radius 2 is 1.86 bits per heavy atom. The number of carbonyl (C=O) groups excluding carboxylic acids is 1. The summed E-state index contributed by atoms with van der Waals surface area (Å²) < 4.78 is 38.0. The monoisotopic (exact) mass is 391 g/mol. The molecule has 2 aromatic rings. The molecule has 9 heteroatoms. The van der Waals surface area contributed by atoms with E-state index in [1.807, 2.05) is 12.1 Å². The van der Waals surface area contributed by atoms with Crippen LogP contribution in [0.4, 0.5) is 19.0 Å². The molecule has 2 aliphatic carbocycles. The normalized spacial score (nSPS) is 18.7. The summed E-state index contributed by atoms with van der Waals surface area (Å²) in [4.78, 5) is 24.5. The standard InChI is InChI=1S/C19H20F3N5O/c20-19(21,22)14-10-25-15(11-24-14)26-18(7-1-2-8-18)27-17(28)16-13(12-5-6-12)4-3-9-23-16/h3-4,9-12H,1-2,5-8H2,(H,25,26)(H,27,28). The van der Waals surface area contributed by atoms with Crippen molar-refractivity contribution in [1.29, 1.82) is 0 Å². The minimum atomic E-state index is -4.54. The zero-order valence-corrected chi connectivity index (χ0v) is 15.1. The Kier molecular flexibility index (Phi) is 4.68. The lowest BCUT2D eigenvalue weighted by atomic mass is 10.1. The molecule has 148 valence electrons. The van der Waals surface area contributed by atoms with Gasteiger partial charge in [0.2, 0.25) is 0 Å². The fourth-order valence-electron chi connectivity index (χ4n) is 3.65. The molecule has 0 aromatic carbocycles. The number of nitrogens with one attached hydrogen (secondary N) is 2. The topological polar surface area (TPSA) is 79.8 Å².